The molecule has 1 rings (SSSR count). The van der Waals surface area contributed by atoms with E-state index in [1.165, 1.54) is 6.47 Å². The number of rotatable bonds is 3. The zero-order valence-electron chi connectivity index (χ0n) is 8.41. The van der Waals surface area contributed by atoms with Crippen molar-refractivity contribution in [2.24, 2.45) is 0 Å². The lowest BCUT2D eigenvalue weighted by Gasteiger charge is -2.38. The lowest BCUT2D eigenvalue weighted by atomic mass is 10.1. The van der Waals surface area contributed by atoms with Crippen LogP contribution in [0.4, 0.5) is 0 Å². The molecule has 75 valence electrons. The van der Waals surface area contributed by atoms with Gasteiger partial charge in [-0.05, 0) is 20.8 Å². The maximum Gasteiger partial charge on any atom is 0.419 e. The first-order valence-corrected chi connectivity index (χ1v) is 4.66. The number of nitrogens with zero attached hydrogens (tertiary/aromatic N) is 1. The average molecular weight is 185 g/mol. The number of hydrogen-bond acceptors (Lipinski definition) is 4. The highest BCUT2D eigenvalue weighted by molar-refractivity contribution is 5.38. The molecule has 1 aliphatic heterocycles. The minimum absolute atomic E-state index is 0.163. The molecule has 3 atom stereocenters. The Morgan fingerprint density at radius 1 is 1.46 bits per heavy atom. The first-order valence-electron chi connectivity index (χ1n) is 4.66. The van der Waals surface area contributed by atoms with E-state index in [-0.39, 0.29) is 6.23 Å². The summed E-state index contributed by atoms with van der Waals surface area (Å²) in [5, 5.41) is 3.41. The van der Waals surface area contributed by atoms with Crippen molar-refractivity contribution in [2.75, 3.05) is 13.1 Å². The molecule has 0 aliphatic carbocycles. The maximum absolute atomic E-state index is 10.0. The highest BCUT2D eigenvalue weighted by atomic mass is 16.5. The molecule has 1 saturated heterocycles. The summed E-state index contributed by atoms with van der Waals surface area (Å²) in [5.41, 5.74) is 0. The largest absolute Gasteiger partial charge is 0.438 e. The maximum atomic E-state index is 10.0. The van der Waals surface area contributed by atoms with E-state index in [1.807, 2.05) is 6.92 Å². The number of ether oxygens (including phenoxy) is 1. The minimum Gasteiger partial charge on any atom is -0.438 e. The normalized spacial score (nSPS) is 32.5. The summed E-state index contributed by atoms with van der Waals surface area (Å²) in [6.45, 7) is 9.42. The highest BCUT2D eigenvalue weighted by Crippen LogP contribution is 2.08. The molecule has 1 fully saturated rings. The van der Waals surface area contributed by atoms with Crippen molar-refractivity contribution in [1.82, 2.24) is 10.2 Å². The Morgan fingerprint density at radius 3 is 2.46 bits per heavy atom. The van der Waals surface area contributed by atoms with E-state index in [2.05, 4.69) is 24.1 Å². The molecule has 1 heterocycles. The van der Waals surface area contributed by atoms with Gasteiger partial charge in [0.2, 0.25) is 0 Å². The summed E-state index contributed by atoms with van der Waals surface area (Å²) in [5.74, 6) is 0. The van der Waals surface area contributed by atoms with E-state index in [0.29, 0.717) is 12.1 Å². The molecule has 0 saturated carbocycles. The van der Waals surface area contributed by atoms with E-state index in [0.717, 1.165) is 13.1 Å². The van der Waals surface area contributed by atoms with Crippen LogP contribution in [0.15, 0.2) is 0 Å². The van der Waals surface area contributed by atoms with Crippen LogP contribution < -0.4 is 5.32 Å². The second kappa shape index (κ2) is 4.58. The third-order valence-corrected chi connectivity index (χ3v) is 2.32. The predicted molar refractivity (Wildman–Crippen MR) is 49.9 cm³/mol. The number of hydrogen-bond donors (Lipinski definition) is 1. The van der Waals surface area contributed by atoms with Gasteiger partial charge in [0.05, 0.1) is 0 Å². The molecule has 0 bridgehead atoms. The molecule has 0 aromatic heterocycles. The van der Waals surface area contributed by atoms with Gasteiger partial charge in [-0.1, -0.05) is 0 Å². The van der Waals surface area contributed by atoms with E-state index >= 15 is 0 Å². The van der Waals surface area contributed by atoms with E-state index in [1.54, 1.807) is 0 Å². The first kappa shape index (κ1) is 10.5. The number of nitrogens with one attached hydrogen (secondary N) is 1. The first-order chi connectivity index (χ1) is 6.13. The van der Waals surface area contributed by atoms with Gasteiger partial charge in [-0.3, -0.25) is 4.90 Å². The third-order valence-electron chi connectivity index (χ3n) is 2.32. The Kier molecular flexibility index (Phi) is 3.69. The van der Waals surface area contributed by atoms with Crippen LogP contribution in [0.1, 0.15) is 20.8 Å². The molecule has 1 radical (unpaired) electrons. The lowest BCUT2D eigenvalue weighted by Crippen LogP contribution is -2.56. The predicted octanol–water partition coefficient (Wildman–Crippen LogP) is 0.0984. The van der Waals surface area contributed by atoms with Gasteiger partial charge in [-0.15, -0.1) is 0 Å². The SMILES string of the molecule is CC1CN(C(C)O[C]=O)CC(C)N1. The molecular weight excluding hydrogens is 168 g/mol. The summed E-state index contributed by atoms with van der Waals surface area (Å²) in [6, 6.07) is 0.892. The van der Waals surface area contributed by atoms with Crippen molar-refractivity contribution in [3.8, 4) is 0 Å². The van der Waals surface area contributed by atoms with Crippen molar-refractivity contribution in [1.29, 1.82) is 0 Å². The molecule has 0 aromatic carbocycles. The summed E-state index contributed by atoms with van der Waals surface area (Å²) in [6.07, 6.45) is -0.163. The van der Waals surface area contributed by atoms with E-state index in [4.69, 9.17) is 4.74 Å². The highest BCUT2D eigenvalue weighted by Gasteiger charge is 2.25. The Morgan fingerprint density at radius 2 is 2.00 bits per heavy atom. The van der Waals surface area contributed by atoms with Crippen molar-refractivity contribution in [3.05, 3.63) is 0 Å². The van der Waals surface area contributed by atoms with Gasteiger partial charge in [0.15, 0.2) is 6.23 Å². The van der Waals surface area contributed by atoms with Crippen LogP contribution in [-0.4, -0.2) is 42.8 Å². The van der Waals surface area contributed by atoms with Gasteiger partial charge in [0, 0.05) is 25.2 Å². The zero-order chi connectivity index (χ0) is 9.84. The lowest BCUT2D eigenvalue weighted by molar-refractivity contribution is 0.000174. The van der Waals surface area contributed by atoms with Crippen molar-refractivity contribution in [3.63, 3.8) is 0 Å². The Labute approximate surface area is 79.2 Å². The summed E-state index contributed by atoms with van der Waals surface area (Å²) < 4.78 is 4.77. The van der Waals surface area contributed by atoms with Gasteiger partial charge in [0.25, 0.3) is 0 Å². The van der Waals surface area contributed by atoms with Gasteiger partial charge in [0.1, 0.15) is 0 Å². The molecule has 4 heteroatoms. The molecule has 3 unspecified atom stereocenters. The fraction of sp³-hybridized carbons (Fsp3) is 0.889. The van der Waals surface area contributed by atoms with Crippen LogP contribution in [0.25, 0.3) is 0 Å². The molecule has 0 amide bonds. The topological polar surface area (TPSA) is 41.6 Å². The molecule has 13 heavy (non-hydrogen) atoms. The Hall–Kier alpha value is -0.610. The molecule has 4 nitrogen and oxygen atoms in total. The van der Waals surface area contributed by atoms with Crippen LogP contribution in [0.3, 0.4) is 0 Å². The standard InChI is InChI=1S/C9H17N2O2/c1-7-4-11(5-8(2)10-7)9(3)13-6-12/h7-10H,4-5H2,1-3H3. The van der Waals surface area contributed by atoms with Crippen molar-refractivity contribution >= 4 is 6.47 Å². The molecule has 0 spiro atoms. The van der Waals surface area contributed by atoms with Crippen LogP contribution in [0, 0.1) is 0 Å². The summed E-state index contributed by atoms with van der Waals surface area (Å²) in [4.78, 5) is 12.2. The van der Waals surface area contributed by atoms with Crippen LogP contribution in [-0.2, 0) is 9.53 Å². The molecular formula is C9H17N2O2. The van der Waals surface area contributed by atoms with Crippen LogP contribution >= 0.6 is 0 Å². The van der Waals surface area contributed by atoms with Gasteiger partial charge in [-0.2, -0.15) is 0 Å². The molecule has 1 N–H and O–H groups in total. The molecule has 0 aromatic rings. The minimum atomic E-state index is -0.163. The van der Waals surface area contributed by atoms with Gasteiger partial charge >= 0.3 is 6.47 Å². The number of piperazine rings is 1. The second-order valence-electron chi connectivity index (χ2n) is 3.72. The van der Waals surface area contributed by atoms with E-state index < -0.39 is 0 Å². The molecule has 1 aliphatic rings. The smallest absolute Gasteiger partial charge is 0.419 e. The quantitative estimate of drug-likeness (QED) is 0.677. The average Bonchev–Trinajstić information content (AvgIpc) is 2.03. The zero-order valence-corrected chi connectivity index (χ0v) is 8.41. The van der Waals surface area contributed by atoms with Crippen molar-refractivity contribution in [2.45, 2.75) is 39.1 Å². The van der Waals surface area contributed by atoms with Gasteiger partial charge in [-0.25, -0.2) is 4.79 Å². The van der Waals surface area contributed by atoms with E-state index in [9.17, 15) is 4.79 Å². The Bertz CT molecular complexity index is 165. The Balaban J connectivity index is 2.44. The third kappa shape index (κ3) is 2.97. The summed E-state index contributed by atoms with van der Waals surface area (Å²) >= 11 is 0. The van der Waals surface area contributed by atoms with Crippen molar-refractivity contribution < 1.29 is 9.53 Å². The van der Waals surface area contributed by atoms with Gasteiger partial charge < -0.3 is 10.1 Å². The summed E-state index contributed by atoms with van der Waals surface area (Å²) in [7, 11) is 0. The monoisotopic (exact) mass is 185 g/mol. The van der Waals surface area contributed by atoms with Crippen LogP contribution in [0.5, 0.6) is 0 Å². The fourth-order valence-corrected chi connectivity index (χ4v) is 1.81. The number of carbonyl (C=O) groups excluding carboxylic acids is 1. The fourth-order valence-electron chi connectivity index (χ4n) is 1.81. The second-order valence-corrected chi connectivity index (χ2v) is 3.72. The van der Waals surface area contributed by atoms with Crippen LogP contribution in [0.2, 0.25) is 0 Å².